The number of benzene rings is 4. The molecule has 0 aromatic heterocycles. The summed E-state index contributed by atoms with van der Waals surface area (Å²) >= 11 is 0. The third kappa shape index (κ3) is 25.4. The first kappa shape index (κ1) is 96.1. The van der Waals surface area contributed by atoms with E-state index >= 15 is 0 Å². The largest absolute Gasteiger partial charge is 1.00 e. The van der Waals surface area contributed by atoms with E-state index in [1.165, 1.54) is 30.9 Å². The third-order valence-electron chi connectivity index (χ3n) is 25.1. The van der Waals surface area contributed by atoms with Crippen LogP contribution >= 0.6 is 0 Å². The molecule has 4 fully saturated rings. The zero-order valence-corrected chi connectivity index (χ0v) is 74.1. The number of aryl methyl sites for hydroxylation is 4. The van der Waals surface area contributed by atoms with Crippen molar-refractivity contribution in [2.24, 2.45) is 59.2 Å². The number of aliphatic carboxylic acids is 2. The first-order valence-corrected chi connectivity index (χ1v) is 42.7. The molecule has 4 heterocycles. The van der Waals surface area contributed by atoms with Crippen LogP contribution in [0.25, 0.3) is 0 Å². The van der Waals surface area contributed by atoms with Crippen LogP contribution in [0.2, 0.25) is 0 Å². The van der Waals surface area contributed by atoms with Gasteiger partial charge in [-0.15, -0.1) is 47.4 Å². The van der Waals surface area contributed by atoms with Crippen molar-refractivity contribution < 1.29 is 118 Å². The van der Waals surface area contributed by atoms with Crippen LogP contribution in [0.1, 0.15) is 240 Å². The normalized spacial score (nSPS) is 26.1. The van der Waals surface area contributed by atoms with Gasteiger partial charge in [-0.05, 0) is 168 Å². The van der Waals surface area contributed by atoms with Gasteiger partial charge in [-0.2, -0.15) is 0 Å². The van der Waals surface area contributed by atoms with Gasteiger partial charge in [0.25, 0.3) is 0 Å². The predicted molar refractivity (Wildman–Crippen MR) is 454 cm³/mol. The number of fused-ring (bicyclic) bond motifs is 12. The van der Waals surface area contributed by atoms with Gasteiger partial charge in [-0.25, -0.2) is 0 Å². The Kier molecular flexibility index (Phi) is 38.1. The number of aliphatic hydroxyl groups excluding tert-OH is 5. The average Bonchev–Trinajstić information content (AvgIpc) is 1.62. The van der Waals surface area contributed by atoms with E-state index in [4.69, 9.17) is 33.5 Å². The molecule has 634 valence electrons. The molecule has 119 heavy (non-hydrogen) atoms. The molecule has 6 N–H and O–H groups in total. The van der Waals surface area contributed by atoms with Gasteiger partial charge in [0.15, 0.2) is 5.78 Å². The van der Waals surface area contributed by atoms with Crippen LogP contribution < -0.4 is 53.6 Å². The number of carbonyl (C=O) groups is 5. The van der Waals surface area contributed by atoms with Gasteiger partial charge in [0.05, 0.1) is 44.7 Å². The van der Waals surface area contributed by atoms with Crippen molar-refractivity contribution in [1.29, 1.82) is 0 Å². The van der Waals surface area contributed by atoms with Crippen molar-refractivity contribution in [3.63, 3.8) is 0 Å². The van der Waals surface area contributed by atoms with Crippen molar-refractivity contribution in [3.05, 3.63) is 166 Å². The Morgan fingerprint density at radius 1 is 0.454 bits per heavy atom. The van der Waals surface area contributed by atoms with Crippen molar-refractivity contribution in [2.75, 3.05) is 14.2 Å². The number of allylic oxidation sites excluding steroid dienone is 3. The number of carboxylic acids is 2. The quantitative estimate of drug-likeness (QED) is 0.00871. The fourth-order valence-electron chi connectivity index (χ4n) is 18.3. The molecule has 0 radical (unpaired) electrons. The molecule has 4 saturated carbocycles. The fraction of sp³-hybridized carbons (Fsp3) is 0.550. The van der Waals surface area contributed by atoms with Gasteiger partial charge in [0.2, 0.25) is 0 Å². The molecule has 4 aliphatic heterocycles. The number of carboxylic acid groups (broad SMARTS) is 2. The van der Waals surface area contributed by atoms with E-state index in [-0.39, 0.29) is 144 Å². The number of ether oxygens (including phenoxy) is 6. The van der Waals surface area contributed by atoms with Crippen LogP contribution in [-0.4, -0.2) is 129 Å². The second-order valence-electron chi connectivity index (χ2n) is 33.5. The van der Waals surface area contributed by atoms with E-state index in [1.807, 2.05) is 89.2 Å². The Morgan fingerprint density at radius 2 is 0.756 bits per heavy atom. The Morgan fingerprint density at radius 3 is 1.08 bits per heavy atom. The summed E-state index contributed by atoms with van der Waals surface area (Å²) in [7, 11) is 2.85. The molecule has 4 aliphatic carbocycles. The molecule has 0 saturated heterocycles. The van der Waals surface area contributed by atoms with Crippen LogP contribution in [0, 0.1) is 107 Å². The molecule has 4 aromatic rings. The van der Waals surface area contributed by atoms with Crippen molar-refractivity contribution in [3.8, 4) is 70.4 Å². The van der Waals surface area contributed by atoms with Crippen LogP contribution in [0.5, 0.6) is 23.0 Å². The van der Waals surface area contributed by atoms with Crippen LogP contribution in [0.4, 0.5) is 0 Å². The molecular formula is C100H125NaO18. The molecule has 19 heteroatoms. The number of esters is 2. The summed E-state index contributed by atoms with van der Waals surface area (Å²) in [5.41, 5.74) is 9.02. The molecule has 4 unspecified atom stereocenters. The smallest absolute Gasteiger partial charge is 0.550 e. The van der Waals surface area contributed by atoms with Crippen molar-refractivity contribution >= 4 is 29.7 Å². The Bertz CT molecular complexity index is 4330. The van der Waals surface area contributed by atoms with E-state index in [0.717, 1.165) is 89.3 Å². The number of methoxy groups -OCH3 is 2. The van der Waals surface area contributed by atoms with E-state index in [2.05, 4.69) is 110 Å². The minimum Gasteiger partial charge on any atom is -0.550 e. The SMILES string of the molecule is CC#CCC(C)C(=O)/C=C/[C@@H]1[C@H]2c3cccc(CCCC(=O)OC)c3O[C@H]2C[C@H]1C.CC#CCC(C)[C@H](O)/C=C/[C@@H]1[C@H]2c3cccc(CCCC(=O)O)c3O[C@H]2C[C@H]1O.CC#CCC(C)[C@H](O)/C=C/[C@@H]1[C@H]2c3cccc(CCCC(=O)OC)c3O[C@H]2C[C@H]1C.CC#CCC(C)[C@H](O)/C=C/[C@@H]1[C@H]2c3cccc(CCCC(=O)[O-])c3O[C@H]2C[C@H]1O.[Na+]. The Labute approximate surface area is 728 Å². The summed E-state index contributed by atoms with van der Waals surface area (Å²) in [6.07, 6.45) is 25.0. The summed E-state index contributed by atoms with van der Waals surface area (Å²) in [5, 5.41) is 72.0. The van der Waals surface area contributed by atoms with Gasteiger partial charge >= 0.3 is 47.5 Å². The topological polar surface area (TPSA) is 285 Å². The van der Waals surface area contributed by atoms with Gasteiger partial charge in [0.1, 0.15) is 47.4 Å². The standard InChI is InChI=1S/C26H34O4.C26H32O4.2C24H30O5.Na/c2*1-5-6-9-17(2)22(27)15-14-20-18(3)16-23-25(20)21-12-7-10-19(26(21)30-23)11-8-13-24(28)29-4;2*1-3-4-7-15(2)19(25)13-12-17-20(26)14-21-23(17)18-10-5-8-16(24(18)29-21)9-6-11-22(27)28;/h7,10,12,14-15,17-18,20,22-23,25,27H,8-9,11,13,16H2,1-4H3;7,10,12,14-15,17-18,20,23,25H,8-9,11,13,16H2,1-4H3;2*5,8,10,12-13,15,17,19-21,23,25-26H,6-7,9,11,14H2,1-2H3,(H,27,28);/q;;;;+1/p-1/b2*15-14+;2*13-12+;/t17?,18-,20+,22-,23+,25+;17?,18-,20+,23+,25+;2*15?,17-,19+,20+,21-,23-;/m1100./s1. The van der Waals surface area contributed by atoms with Crippen LogP contribution in [0.3, 0.4) is 0 Å². The third-order valence-corrected chi connectivity index (χ3v) is 25.1. The van der Waals surface area contributed by atoms with Crippen molar-refractivity contribution in [2.45, 2.75) is 276 Å². The number of para-hydroxylation sites is 4. The second kappa shape index (κ2) is 47.2. The molecule has 18 nitrogen and oxygen atoms in total. The first-order valence-electron chi connectivity index (χ1n) is 42.7. The number of hydrogen-bond donors (Lipinski definition) is 6. The second-order valence-corrected chi connectivity index (χ2v) is 33.5. The number of hydrogen-bond acceptors (Lipinski definition) is 17. The van der Waals surface area contributed by atoms with E-state index in [1.54, 1.807) is 39.0 Å². The maximum atomic E-state index is 12.5. The average molecular weight is 1640 g/mol. The fourth-order valence-corrected chi connectivity index (χ4v) is 18.3. The van der Waals surface area contributed by atoms with Crippen molar-refractivity contribution in [1.82, 2.24) is 0 Å². The zero-order valence-electron chi connectivity index (χ0n) is 72.1. The summed E-state index contributed by atoms with van der Waals surface area (Å²) in [6, 6.07) is 24.7. The molecule has 0 amide bonds. The van der Waals surface area contributed by atoms with E-state index in [0.29, 0.717) is 101 Å². The van der Waals surface area contributed by atoms with E-state index in [9.17, 15) is 54.6 Å². The molecule has 8 aliphatic rings. The molecule has 23 atom stereocenters. The summed E-state index contributed by atoms with van der Waals surface area (Å²) in [6.45, 7) is 19.6. The predicted octanol–water partition coefficient (Wildman–Crippen LogP) is 11.7. The van der Waals surface area contributed by atoms with E-state index < -0.39 is 42.5 Å². The number of aliphatic hydroxyl groups is 5. The summed E-state index contributed by atoms with van der Waals surface area (Å²) in [4.78, 5) is 56.8. The zero-order chi connectivity index (χ0) is 85.3. The number of rotatable bonds is 32. The van der Waals surface area contributed by atoms with Gasteiger partial charge in [-0.1, -0.05) is 157 Å². The van der Waals surface area contributed by atoms with Crippen LogP contribution in [-0.2, 0) is 59.1 Å². The van der Waals surface area contributed by atoms with Crippen LogP contribution in [0.15, 0.2) is 121 Å². The van der Waals surface area contributed by atoms with Gasteiger partial charge < -0.3 is 69.0 Å². The molecule has 12 rings (SSSR count). The van der Waals surface area contributed by atoms with Gasteiger partial charge in [0, 0.05) is 127 Å². The van der Waals surface area contributed by atoms with Gasteiger partial charge in [-0.3, -0.25) is 19.2 Å². The molecular weight excluding hydrogens is 1510 g/mol. The summed E-state index contributed by atoms with van der Waals surface area (Å²) < 4.78 is 34.7. The monoisotopic (exact) mass is 1640 g/mol. The number of ketones is 1. The minimum absolute atomic E-state index is 0. The Balaban J connectivity index is 0.000000197. The molecule has 0 bridgehead atoms. The minimum atomic E-state index is -1.04. The summed E-state index contributed by atoms with van der Waals surface area (Å²) in [5.74, 6) is 27.3. The molecule has 0 spiro atoms. The maximum absolute atomic E-state index is 12.5. The number of carbonyl (C=O) groups excluding carboxylic acids is 4. The first-order chi connectivity index (χ1) is 56.7. The molecule has 4 aromatic carbocycles. The maximum Gasteiger partial charge on any atom is 1.00 e. The Hall–Kier alpha value is -8.37.